The molecular formula is C24H22FN3O6S. The fraction of sp³-hybridized carbons (Fsp3) is 0.208. The summed E-state index contributed by atoms with van der Waals surface area (Å²) in [6, 6.07) is 7.36. The number of carbonyl (C=O) groups excluding carboxylic acids is 1. The molecule has 0 saturated heterocycles. The van der Waals surface area contributed by atoms with Gasteiger partial charge in [0.15, 0.2) is 21.3 Å². The Labute approximate surface area is 200 Å². The van der Waals surface area contributed by atoms with Crippen LogP contribution in [0, 0.1) is 5.82 Å². The summed E-state index contributed by atoms with van der Waals surface area (Å²) in [6.45, 7) is 1.87. The molecule has 1 N–H and O–H groups in total. The fourth-order valence-electron chi connectivity index (χ4n) is 3.66. The molecule has 4 aromatic rings. The van der Waals surface area contributed by atoms with Gasteiger partial charge in [0.05, 0.1) is 54.0 Å². The van der Waals surface area contributed by atoms with E-state index in [4.69, 9.17) is 9.47 Å². The van der Waals surface area contributed by atoms with E-state index in [9.17, 15) is 22.7 Å². The zero-order chi connectivity index (χ0) is 25.2. The number of pyridine rings is 1. The summed E-state index contributed by atoms with van der Waals surface area (Å²) in [7, 11) is -2.60. The van der Waals surface area contributed by atoms with Crippen molar-refractivity contribution in [1.82, 2.24) is 14.5 Å². The lowest BCUT2D eigenvalue weighted by atomic mass is 10.0. The number of aromatic nitrogens is 3. The van der Waals surface area contributed by atoms with Crippen molar-refractivity contribution in [3.63, 3.8) is 0 Å². The first kappa shape index (κ1) is 24.1. The zero-order valence-corrected chi connectivity index (χ0v) is 19.8. The Bertz CT molecular complexity index is 1490. The van der Waals surface area contributed by atoms with E-state index in [1.165, 1.54) is 19.2 Å². The molecule has 0 bridgehead atoms. The number of halogens is 1. The van der Waals surface area contributed by atoms with Gasteiger partial charge in [-0.1, -0.05) is 0 Å². The number of aromatic hydroxyl groups is 1. The van der Waals surface area contributed by atoms with Gasteiger partial charge in [0.2, 0.25) is 0 Å². The number of imidazole rings is 1. The number of hydrogen-bond acceptors (Lipinski definition) is 8. The molecule has 0 saturated carbocycles. The van der Waals surface area contributed by atoms with Crippen molar-refractivity contribution in [3.05, 3.63) is 77.8 Å². The Morgan fingerprint density at radius 2 is 1.94 bits per heavy atom. The number of methoxy groups -OCH3 is 1. The van der Waals surface area contributed by atoms with Gasteiger partial charge < -0.3 is 19.1 Å². The molecule has 2 aromatic carbocycles. The molecule has 0 aliphatic carbocycles. The summed E-state index contributed by atoms with van der Waals surface area (Å²) in [5.41, 5.74) is 0.547. The monoisotopic (exact) mass is 499 g/mol. The second-order valence-electron chi connectivity index (χ2n) is 7.63. The third-order valence-corrected chi connectivity index (χ3v) is 6.98. The van der Waals surface area contributed by atoms with Gasteiger partial charge in [-0.15, -0.1) is 0 Å². The van der Waals surface area contributed by atoms with Gasteiger partial charge in [0.1, 0.15) is 5.82 Å². The molecule has 35 heavy (non-hydrogen) atoms. The maximum Gasteiger partial charge on any atom is 0.340 e. The maximum absolute atomic E-state index is 13.3. The highest BCUT2D eigenvalue weighted by atomic mass is 32.2. The summed E-state index contributed by atoms with van der Waals surface area (Å²) in [6.07, 6.45) is 4.82. The van der Waals surface area contributed by atoms with Crippen molar-refractivity contribution < 1.29 is 32.2 Å². The third kappa shape index (κ3) is 4.94. The Kier molecular flexibility index (Phi) is 6.70. The van der Waals surface area contributed by atoms with Gasteiger partial charge >= 0.3 is 5.97 Å². The number of esters is 1. The van der Waals surface area contributed by atoms with Gasteiger partial charge in [-0.25, -0.2) is 22.6 Å². The maximum atomic E-state index is 13.3. The summed E-state index contributed by atoms with van der Waals surface area (Å²) >= 11 is 0. The molecule has 0 spiro atoms. The van der Waals surface area contributed by atoms with Crippen molar-refractivity contribution in [1.29, 1.82) is 0 Å². The molecule has 4 rings (SSSR count). The molecule has 2 aromatic heterocycles. The lowest BCUT2D eigenvalue weighted by molar-refractivity contribution is 0.0525. The largest absolute Gasteiger partial charge is 0.504 e. The van der Waals surface area contributed by atoms with Crippen LogP contribution in [0.5, 0.6) is 11.5 Å². The molecule has 9 nitrogen and oxygen atoms in total. The lowest BCUT2D eigenvalue weighted by Crippen LogP contribution is -2.15. The summed E-state index contributed by atoms with van der Waals surface area (Å²) in [5.74, 6) is -1.96. The first-order valence-corrected chi connectivity index (χ1v) is 12.2. The minimum absolute atomic E-state index is 0.0358. The molecule has 0 radical (unpaired) electrons. The second-order valence-corrected chi connectivity index (χ2v) is 9.62. The Balaban J connectivity index is 1.92. The average Bonchev–Trinajstić information content (AvgIpc) is 3.34. The van der Waals surface area contributed by atoms with Gasteiger partial charge in [0, 0.05) is 23.3 Å². The standard InChI is InChI=1S/C24H22FN3O6S/c1-3-34-24(30)18-10-15-11-21(33-2)23(29)19(12-28-9-8-26-14-28)22(15)27-20(18)13-35(31,32)17-6-4-16(25)5-7-17/h4-11,14,29H,3,12-13H2,1-2H3. The molecule has 0 fully saturated rings. The predicted octanol–water partition coefficient (Wildman–Crippen LogP) is 3.48. The van der Waals surface area contributed by atoms with E-state index in [-0.39, 0.29) is 46.3 Å². The van der Waals surface area contributed by atoms with E-state index >= 15 is 0 Å². The minimum atomic E-state index is -3.99. The van der Waals surface area contributed by atoms with Crippen LogP contribution in [0.1, 0.15) is 28.5 Å². The molecule has 0 atom stereocenters. The summed E-state index contributed by atoms with van der Waals surface area (Å²) < 4.78 is 51.6. The molecule has 2 heterocycles. The number of sulfone groups is 1. The average molecular weight is 500 g/mol. The van der Waals surface area contributed by atoms with Crippen LogP contribution in [0.4, 0.5) is 4.39 Å². The van der Waals surface area contributed by atoms with E-state index in [0.717, 1.165) is 24.3 Å². The van der Waals surface area contributed by atoms with E-state index in [0.29, 0.717) is 10.9 Å². The fourth-order valence-corrected chi connectivity index (χ4v) is 4.96. The number of fused-ring (bicyclic) bond motifs is 1. The number of phenols is 1. The van der Waals surface area contributed by atoms with Crippen molar-refractivity contribution >= 4 is 26.7 Å². The second kappa shape index (κ2) is 9.71. The third-order valence-electron chi connectivity index (χ3n) is 5.34. The first-order valence-electron chi connectivity index (χ1n) is 10.6. The predicted molar refractivity (Wildman–Crippen MR) is 125 cm³/mol. The highest BCUT2D eigenvalue weighted by molar-refractivity contribution is 7.90. The van der Waals surface area contributed by atoms with Crippen LogP contribution in [0.2, 0.25) is 0 Å². The van der Waals surface area contributed by atoms with Crippen LogP contribution in [0.3, 0.4) is 0 Å². The van der Waals surface area contributed by atoms with E-state index in [1.807, 2.05) is 0 Å². The first-order chi connectivity index (χ1) is 16.7. The molecule has 0 unspecified atom stereocenters. The molecule has 11 heteroatoms. The number of rotatable bonds is 8. The number of nitrogens with zero attached hydrogens (tertiary/aromatic N) is 3. The van der Waals surface area contributed by atoms with Crippen molar-refractivity contribution in [2.75, 3.05) is 13.7 Å². The topological polar surface area (TPSA) is 121 Å². The normalized spacial score (nSPS) is 11.5. The molecule has 0 amide bonds. The SMILES string of the molecule is CCOC(=O)c1cc2cc(OC)c(O)c(Cn3ccnc3)c2nc1CS(=O)(=O)c1ccc(F)cc1. The number of phenolic OH excluding ortho intramolecular Hbond substituents is 1. The molecule has 182 valence electrons. The molecular weight excluding hydrogens is 477 g/mol. The highest BCUT2D eigenvalue weighted by Gasteiger charge is 2.25. The van der Waals surface area contributed by atoms with E-state index < -0.39 is 27.4 Å². The highest BCUT2D eigenvalue weighted by Crippen LogP contribution is 2.37. The van der Waals surface area contributed by atoms with Crippen LogP contribution in [-0.4, -0.2) is 47.7 Å². The number of carbonyl (C=O) groups is 1. The van der Waals surface area contributed by atoms with Crippen LogP contribution < -0.4 is 4.74 Å². The van der Waals surface area contributed by atoms with Crippen molar-refractivity contribution in [2.45, 2.75) is 24.1 Å². The number of ether oxygens (including phenoxy) is 2. The van der Waals surface area contributed by atoms with Crippen molar-refractivity contribution in [2.24, 2.45) is 0 Å². The zero-order valence-electron chi connectivity index (χ0n) is 18.9. The number of benzene rings is 2. The quantitative estimate of drug-likeness (QED) is 0.289. The minimum Gasteiger partial charge on any atom is -0.504 e. The Morgan fingerprint density at radius 1 is 1.20 bits per heavy atom. The number of hydrogen-bond donors (Lipinski definition) is 1. The molecule has 0 aliphatic heterocycles. The Morgan fingerprint density at radius 3 is 2.57 bits per heavy atom. The van der Waals surface area contributed by atoms with Gasteiger partial charge in [-0.05, 0) is 43.3 Å². The lowest BCUT2D eigenvalue weighted by Gasteiger charge is -2.16. The van der Waals surface area contributed by atoms with Crippen LogP contribution >= 0.6 is 0 Å². The molecule has 0 aliphatic rings. The van der Waals surface area contributed by atoms with Crippen molar-refractivity contribution in [3.8, 4) is 11.5 Å². The van der Waals surface area contributed by atoms with Gasteiger partial charge in [-0.3, -0.25) is 4.98 Å². The summed E-state index contributed by atoms with van der Waals surface area (Å²) in [5, 5.41) is 11.3. The van der Waals surface area contributed by atoms with Gasteiger partial charge in [0.25, 0.3) is 0 Å². The van der Waals surface area contributed by atoms with E-state index in [1.54, 1.807) is 30.2 Å². The van der Waals surface area contributed by atoms with Crippen LogP contribution in [0.25, 0.3) is 10.9 Å². The van der Waals surface area contributed by atoms with Crippen LogP contribution in [-0.2, 0) is 26.9 Å². The summed E-state index contributed by atoms with van der Waals surface area (Å²) in [4.78, 5) is 21.1. The van der Waals surface area contributed by atoms with Crippen LogP contribution in [0.15, 0.2) is 60.0 Å². The van der Waals surface area contributed by atoms with Gasteiger partial charge in [-0.2, -0.15) is 0 Å². The van der Waals surface area contributed by atoms with E-state index in [2.05, 4.69) is 9.97 Å². The Hall–Kier alpha value is -3.99. The smallest absolute Gasteiger partial charge is 0.340 e.